The summed E-state index contributed by atoms with van der Waals surface area (Å²) in [5, 5.41) is 3.14. The highest BCUT2D eigenvalue weighted by Crippen LogP contribution is 2.34. The van der Waals surface area contributed by atoms with Crippen molar-refractivity contribution in [1.29, 1.82) is 0 Å². The van der Waals surface area contributed by atoms with Gasteiger partial charge >= 0.3 is 6.18 Å². The minimum atomic E-state index is -4.57. The van der Waals surface area contributed by atoms with Gasteiger partial charge in [0.2, 0.25) is 11.8 Å². The molecule has 0 spiro atoms. The molecule has 2 aromatic heterocycles. The third-order valence-corrected chi connectivity index (χ3v) is 6.39. The summed E-state index contributed by atoms with van der Waals surface area (Å²) in [6.07, 6.45) is -2.35. The van der Waals surface area contributed by atoms with Crippen LogP contribution < -0.4 is 10.2 Å². The van der Waals surface area contributed by atoms with E-state index in [2.05, 4.69) is 20.2 Å². The minimum absolute atomic E-state index is 0.0644. The summed E-state index contributed by atoms with van der Waals surface area (Å²) in [4.78, 5) is 38.5. The summed E-state index contributed by atoms with van der Waals surface area (Å²) in [5.74, 6) is -0.819. The van der Waals surface area contributed by atoms with Crippen molar-refractivity contribution in [2.24, 2.45) is 0 Å². The maximum atomic E-state index is 13.1. The van der Waals surface area contributed by atoms with E-state index < -0.39 is 17.6 Å². The Hall–Kier alpha value is -3.21. The lowest BCUT2D eigenvalue weighted by atomic mass is 10.1. The van der Waals surface area contributed by atoms with Crippen LogP contribution in [0.5, 0.6) is 0 Å². The molecule has 7 nitrogen and oxygen atoms in total. The lowest BCUT2D eigenvalue weighted by molar-refractivity contribution is -0.137. The van der Waals surface area contributed by atoms with Crippen molar-refractivity contribution < 1.29 is 22.8 Å². The van der Waals surface area contributed by atoms with Crippen LogP contribution in [0.2, 0.25) is 0 Å². The van der Waals surface area contributed by atoms with E-state index in [0.29, 0.717) is 19.6 Å². The molecular weight excluding hydrogens is 455 g/mol. The SMILES string of the molecule is O=C(CCC(=O)N1CCCN(c2nc3cccnc3s2)CC1)Nc1ccccc1C(F)(F)F. The summed E-state index contributed by atoms with van der Waals surface area (Å²) in [6.45, 7) is 2.40. The van der Waals surface area contributed by atoms with Gasteiger partial charge in [-0.05, 0) is 30.7 Å². The van der Waals surface area contributed by atoms with Crippen LogP contribution in [-0.2, 0) is 15.8 Å². The molecule has 0 saturated carbocycles. The van der Waals surface area contributed by atoms with Gasteiger partial charge in [-0.15, -0.1) is 0 Å². The van der Waals surface area contributed by atoms with Crippen molar-refractivity contribution in [3.63, 3.8) is 0 Å². The number of carbonyl (C=O) groups excluding carboxylic acids is 2. The number of anilines is 2. The van der Waals surface area contributed by atoms with Crippen molar-refractivity contribution in [2.75, 3.05) is 36.4 Å². The van der Waals surface area contributed by atoms with Gasteiger partial charge in [0.1, 0.15) is 10.3 Å². The highest BCUT2D eigenvalue weighted by molar-refractivity contribution is 7.21. The number of hydrogen-bond donors (Lipinski definition) is 1. The first-order chi connectivity index (χ1) is 15.8. The Kier molecular flexibility index (Phi) is 6.77. The quantitative estimate of drug-likeness (QED) is 0.597. The summed E-state index contributed by atoms with van der Waals surface area (Å²) in [6, 6.07) is 8.53. The van der Waals surface area contributed by atoms with E-state index in [1.165, 1.54) is 29.5 Å². The lowest BCUT2D eigenvalue weighted by Gasteiger charge is -2.21. The smallest absolute Gasteiger partial charge is 0.346 e. The van der Waals surface area contributed by atoms with Crippen molar-refractivity contribution in [2.45, 2.75) is 25.4 Å². The van der Waals surface area contributed by atoms with E-state index in [-0.39, 0.29) is 24.4 Å². The number of hydrogen-bond acceptors (Lipinski definition) is 6. The number of pyridine rings is 1. The Morgan fingerprint density at radius 3 is 2.64 bits per heavy atom. The molecule has 33 heavy (non-hydrogen) atoms. The number of carbonyl (C=O) groups is 2. The van der Waals surface area contributed by atoms with Crippen LogP contribution in [-0.4, -0.2) is 52.9 Å². The number of thiazole rings is 1. The van der Waals surface area contributed by atoms with E-state index >= 15 is 0 Å². The molecule has 11 heteroatoms. The van der Waals surface area contributed by atoms with Crippen LogP contribution in [0.1, 0.15) is 24.8 Å². The molecule has 174 valence electrons. The summed E-state index contributed by atoms with van der Waals surface area (Å²) in [7, 11) is 0. The first-order valence-electron chi connectivity index (χ1n) is 10.5. The van der Waals surface area contributed by atoms with Crippen molar-refractivity contribution in [1.82, 2.24) is 14.9 Å². The number of para-hydroxylation sites is 1. The highest BCUT2D eigenvalue weighted by Gasteiger charge is 2.33. The molecule has 2 amide bonds. The summed E-state index contributed by atoms with van der Waals surface area (Å²) >= 11 is 1.51. The molecule has 1 saturated heterocycles. The van der Waals surface area contributed by atoms with Crippen LogP contribution in [0.15, 0.2) is 42.6 Å². The second kappa shape index (κ2) is 9.74. The maximum absolute atomic E-state index is 13.1. The second-order valence-corrected chi connectivity index (χ2v) is 8.59. The minimum Gasteiger partial charge on any atom is -0.346 e. The third kappa shape index (κ3) is 5.59. The van der Waals surface area contributed by atoms with Crippen LogP contribution in [0.3, 0.4) is 0 Å². The van der Waals surface area contributed by atoms with E-state index in [9.17, 15) is 22.8 Å². The summed E-state index contributed by atoms with van der Waals surface area (Å²) in [5.41, 5.74) is -0.381. The Labute approximate surface area is 192 Å². The fraction of sp³-hybridized carbons (Fsp3) is 0.364. The number of amides is 2. The van der Waals surface area contributed by atoms with Crippen LogP contribution in [0.4, 0.5) is 24.0 Å². The summed E-state index contributed by atoms with van der Waals surface area (Å²) < 4.78 is 39.3. The van der Waals surface area contributed by atoms with E-state index in [1.54, 1.807) is 11.1 Å². The number of nitrogens with zero attached hydrogens (tertiary/aromatic N) is 4. The van der Waals surface area contributed by atoms with Gasteiger partial charge in [-0.25, -0.2) is 9.97 Å². The van der Waals surface area contributed by atoms with Crippen molar-refractivity contribution >= 4 is 44.3 Å². The number of rotatable bonds is 5. The van der Waals surface area contributed by atoms with Crippen LogP contribution in [0.25, 0.3) is 10.3 Å². The molecule has 1 aliphatic rings. The second-order valence-electron chi connectivity index (χ2n) is 7.64. The van der Waals surface area contributed by atoms with E-state index in [0.717, 1.165) is 34.5 Å². The average Bonchev–Trinajstić information content (AvgIpc) is 3.06. The van der Waals surface area contributed by atoms with Gasteiger partial charge in [-0.2, -0.15) is 13.2 Å². The van der Waals surface area contributed by atoms with Crippen LogP contribution >= 0.6 is 11.3 Å². The highest BCUT2D eigenvalue weighted by atomic mass is 32.1. The predicted octanol–water partition coefficient (Wildman–Crippen LogP) is 4.17. The molecule has 1 aromatic carbocycles. The standard InChI is InChI=1S/C22H22F3N5O2S/c23-22(24,25)15-5-1-2-6-16(15)27-18(31)8-9-19(32)29-11-4-12-30(14-13-29)21-28-17-7-3-10-26-20(17)33-21/h1-3,5-7,10H,4,8-9,11-14H2,(H,27,31). The van der Waals surface area contributed by atoms with Crippen molar-refractivity contribution in [3.05, 3.63) is 48.2 Å². The Morgan fingerprint density at radius 1 is 1.03 bits per heavy atom. The van der Waals surface area contributed by atoms with Gasteiger partial charge in [0.25, 0.3) is 0 Å². The number of nitrogens with one attached hydrogen (secondary N) is 1. The van der Waals surface area contributed by atoms with Gasteiger partial charge < -0.3 is 15.1 Å². The van der Waals surface area contributed by atoms with Crippen molar-refractivity contribution in [3.8, 4) is 0 Å². The molecule has 0 bridgehead atoms. The topological polar surface area (TPSA) is 78.4 Å². The zero-order valence-corrected chi connectivity index (χ0v) is 18.5. The number of benzene rings is 1. The normalized spacial score (nSPS) is 14.9. The molecule has 1 N–H and O–H groups in total. The fourth-order valence-corrected chi connectivity index (χ4v) is 4.64. The van der Waals surface area contributed by atoms with Crippen LogP contribution in [0, 0.1) is 0 Å². The zero-order valence-electron chi connectivity index (χ0n) is 17.6. The Morgan fingerprint density at radius 2 is 1.85 bits per heavy atom. The molecule has 1 fully saturated rings. The number of aromatic nitrogens is 2. The molecule has 1 aliphatic heterocycles. The van der Waals surface area contributed by atoms with Gasteiger partial charge in [0.15, 0.2) is 5.13 Å². The molecule has 3 aromatic rings. The maximum Gasteiger partial charge on any atom is 0.418 e. The molecule has 0 unspecified atom stereocenters. The molecule has 0 aliphatic carbocycles. The Balaban J connectivity index is 1.30. The predicted molar refractivity (Wildman–Crippen MR) is 120 cm³/mol. The zero-order chi connectivity index (χ0) is 23.4. The fourth-order valence-electron chi connectivity index (χ4n) is 3.68. The van der Waals surface area contributed by atoms with Gasteiger partial charge in [-0.3, -0.25) is 9.59 Å². The van der Waals surface area contributed by atoms with Gasteiger partial charge in [0, 0.05) is 45.2 Å². The number of alkyl halides is 3. The first-order valence-corrected chi connectivity index (χ1v) is 11.3. The average molecular weight is 478 g/mol. The van der Waals surface area contributed by atoms with E-state index in [1.807, 2.05) is 12.1 Å². The largest absolute Gasteiger partial charge is 0.418 e. The molecular formula is C22H22F3N5O2S. The number of fused-ring (bicyclic) bond motifs is 1. The van der Waals surface area contributed by atoms with Gasteiger partial charge in [-0.1, -0.05) is 23.5 Å². The molecule has 3 heterocycles. The lowest BCUT2D eigenvalue weighted by Crippen LogP contribution is -2.35. The molecule has 0 atom stereocenters. The third-order valence-electron chi connectivity index (χ3n) is 5.35. The molecule has 0 radical (unpaired) electrons. The first kappa shape index (κ1) is 23.0. The van der Waals surface area contributed by atoms with E-state index in [4.69, 9.17) is 0 Å². The monoisotopic (exact) mass is 477 g/mol. The van der Waals surface area contributed by atoms with Gasteiger partial charge in [0.05, 0.1) is 11.3 Å². The number of halogens is 3. The Bertz CT molecular complexity index is 1120. The molecule has 4 rings (SSSR count).